The molecule has 9 heteroatoms. The van der Waals surface area contributed by atoms with E-state index in [4.69, 9.17) is 14.2 Å². The number of anilines is 1. The van der Waals surface area contributed by atoms with E-state index in [2.05, 4.69) is 5.32 Å². The Balaban J connectivity index is 1.68. The van der Waals surface area contributed by atoms with E-state index in [1.807, 2.05) is 0 Å². The lowest BCUT2D eigenvalue weighted by Gasteiger charge is -2.35. The molecule has 0 aliphatic carbocycles. The molecule has 6 atom stereocenters. The van der Waals surface area contributed by atoms with Gasteiger partial charge in [0.15, 0.2) is 0 Å². The maximum atomic E-state index is 13.5. The van der Waals surface area contributed by atoms with E-state index in [0.29, 0.717) is 24.3 Å². The molecule has 3 aliphatic rings. The molecule has 0 unspecified atom stereocenters. The lowest BCUT2D eigenvalue weighted by Crippen LogP contribution is -2.55. The lowest BCUT2D eigenvalue weighted by molar-refractivity contribution is -0.155. The van der Waals surface area contributed by atoms with Gasteiger partial charge in [0.2, 0.25) is 11.8 Å². The molecule has 2 N–H and O–H groups in total. The van der Waals surface area contributed by atoms with Gasteiger partial charge in [0.1, 0.15) is 17.4 Å². The van der Waals surface area contributed by atoms with Crippen LogP contribution in [0.3, 0.4) is 0 Å². The van der Waals surface area contributed by atoms with Crippen molar-refractivity contribution in [2.45, 2.75) is 50.5 Å². The zero-order valence-electron chi connectivity index (χ0n) is 17.9. The third-order valence-corrected chi connectivity index (χ3v) is 6.64. The number of hydrogen-bond acceptors (Lipinski definition) is 7. The number of hydrogen-bond donors (Lipinski definition) is 2. The predicted octanol–water partition coefficient (Wildman–Crippen LogP) is 0.952. The minimum absolute atomic E-state index is 0.202. The summed E-state index contributed by atoms with van der Waals surface area (Å²) in [6.07, 6.45) is 0.608. The monoisotopic (exact) mass is 432 g/mol. The molecule has 4 rings (SSSR count). The van der Waals surface area contributed by atoms with Crippen molar-refractivity contribution in [3.8, 4) is 5.75 Å². The number of nitrogens with zero attached hydrogens (tertiary/aromatic N) is 1. The predicted molar refractivity (Wildman–Crippen MR) is 109 cm³/mol. The number of nitrogens with one attached hydrogen (secondary N) is 1. The first-order valence-corrected chi connectivity index (χ1v) is 10.6. The Bertz CT molecular complexity index is 873. The van der Waals surface area contributed by atoms with Crippen molar-refractivity contribution in [2.24, 2.45) is 11.8 Å². The highest BCUT2D eigenvalue weighted by molar-refractivity contribution is 6.03. The highest BCUT2D eigenvalue weighted by atomic mass is 16.6. The SMILES string of the molecule is CCOC(=O)[C@@H]1[C@@H]2CC[C@]3(O2)[C@H](C(=O)Nc2ccc(OC)cc2)N([C@H](C)CO)C(=O)[C@@H]13. The van der Waals surface area contributed by atoms with Crippen molar-refractivity contribution in [2.75, 3.05) is 25.6 Å². The number of amides is 2. The van der Waals surface area contributed by atoms with E-state index in [1.165, 1.54) is 4.90 Å². The molecule has 168 valence electrons. The molecule has 0 saturated carbocycles. The van der Waals surface area contributed by atoms with Crippen LogP contribution < -0.4 is 10.1 Å². The smallest absolute Gasteiger partial charge is 0.312 e. The number of benzene rings is 1. The minimum atomic E-state index is -1.11. The van der Waals surface area contributed by atoms with Crippen LogP contribution in [0.15, 0.2) is 24.3 Å². The summed E-state index contributed by atoms with van der Waals surface area (Å²) in [5.41, 5.74) is -0.566. The maximum absolute atomic E-state index is 13.5. The van der Waals surface area contributed by atoms with E-state index >= 15 is 0 Å². The van der Waals surface area contributed by atoms with Crippen LogP contribution in [0.25, 0.3) is 0 Å². The van der Waals surface area contributed by atoms with Gasteiger partial charge in [0.25, 0.3) is 0 Å². The summed E-state index contributed by atoms with van der Waals surface area (Å²) in [4.78, 5) is 41.0. The van der Waals surface area contributed by atoms with Crippen molar-refractivity contribution < 1.29 is 33.7 Å². The Morgan fingerprint density at radius 3 is 2.68 bits per heavy atom. The van der Waals surface area contributed by atoms with Crippen LogP contribution in [0.5, 0.6) is 5.75 Å². The molecule has 2 amide bonds. The number of carbonyl (C=O) groups excluding carboxylic acids is 3. The largest absolute Gasteiger partial charge is 0.497 e. The first-order valence-electron chi connectivity index (χ1n) is 10.6. The number of rotatable bonds is 7. The molecule has 0 radical (unpaired) electrons. The van der Waals surface area contributed by atoms with Crippen LogP contribution in [0, 0.1) is 11.8 Å². The fraction of sp³-hybridized carbons (Fsp3) is 0.591. The summed E-state index contributed by atoms with van der Waals surface area (Å²) < 4.78 is 16.6. The highest BCUT2D eigenvalue weighted by Crippen LogP contribution is 2.59. The van der Waals surface area contributed by atoms with Crippen LogP contribution in [0.2, 0.25) is 0 Å². The Morgan fingerprint density at radius 1 is 1.35 bits per heavy atom. The molecule has 1 aromatic rings. The third kappa shape index (κ3) is 3.27. The second kappa shape index (κ2) is 8.12. The van der Waals surface area contributed by atoms with Gasteiger partial charge in [0.05, 0.1) is 44.3 Å². The van der Waals surface area contributed by atoms with Crippen molar-refractivity contribution in [3.05, 3.63) is 24.3 Å². The molecule has 3 saturated heterocycles. The van der Waals surface area contributed by atoms with E-state index in [0.717, 1.165) is 0 Å². The number of carbonyl (C=O) groups is 3. The van der Waals surface area contributed by atoms with Gasteiger partial charge in [-0.3, -0.25) is 14.4 Å². The van der Waals surface area contributed by atoms with Crippen LogP contribution in [0.4, 0.5) is 5.69 Å². The molecule has 3 aliphatic heterocycles. The molecule has 3 fully saturated rings. The fourth-order valence-corrected chi connectivity index (χ4v) is 5.34. The number of methoxy groups -OCH3 is 1. The van der Waals surface area contributed by atoms with Crippen molar-refractivity contribution in [3.63, 3.8) is 0 Å². The topological polar surface area (TPSA) is 114 Å². The normalized spacial score (nSPS) is 32.0. The molecule has 1 spiro atoms. The standard InChI is InChI=1S/C22H28N2O7/c1-4-30-21(28)16-15-9-10-22(31-15)17(16)20(27)24(12(2)11-25)18(22)19(26)23-13-5-7-14(29-3)8-6-13/h5-8,12,15-18,25H,4,9-11H2,1-3H3,(H,23,26)/t12-,15+,16-,17-,18+,22-/m1/s1. The van der Waals surface area contributed by atoms with E-state index in [9.17, 15) is 19.5 Å². The van der Waals surface area contributed by atoms with Gasteiger partial charge in [-0.2, -0.15) is 0 Å². The summed E-state index contributed by atoms with van der Waals surface area (Å²) in [7, 11) is 1.55. The quantitative estimate of drug-likeness (QED) is 0.617. The first kappa shape index (κ1) is 21.6. The number of aliphatic hydroxyl groups excluding tert-OH is 1. The minimum Gasteiger partial charge on any atom is -0.497 e. The van der Waals surface area contributed by atoms with Gasteiger partial charge >= 0.3 is 5.97 Å². The van der Waals surface area contributed by atoms with Gasteiger partial charge in [-0.25, -0.2) is 0 Å². The molecule has 3 heterocycles. The molecular formula is C22H28N2O7. The van der Waals surface area contributed by atoms with E-state index in [1.54, 1.807) is 45.2 Å². The molecule has 31 heavy (non-hydrogen) atoms. The summed E-state index contributed by atoms with van der Waals surface area (Å²) in [6.45, 7) is 3.28. The van der Waals surface area contributed by atoms with Gasteiger partial charge in [-0.15, -0.1) is 0 Å². The number of esters is 1. The molecular weight excluding hydrogens is 404 g/mol. The van der Waals surface area contributed by atoms with Gasteiger partial charge in [-0.1, -0.05) is 0 Å². The lowest BCUT2D eigenvalue weighted by atomic mass is 9.71. The van der Waals surface area contributed by atoms with Crippen molar-refractivity contribution in [1.82, 2.24) is 4.90 Å². The van der Waals surface area contributed by atoms with Crippen LogP contribution in [-0.4, -0.2) is 71.9 Å². The number of aliphatic hydroxyl groups is 1. The summed E-state index contributed by atoms with van der Waals surface area (Å²) in [5, 5.41) is 12.6. The number of ether oxygens (including phenoxy) is 3. The molecule has 1 aromatic carbocycles. The van der Waals surface area contributed by atoms with Crippen molar-refractivity contribution in [1.29, 1.82) is 0 Å². The number of fused-ring (bicyclic) bond motifs is 1. The second-order valence-electron chi connectivity index (χ2n) is 8.30. The Hall–Kier alpha value is -2.65. The Labute approximate surface area is 180 Å². The average Bonchev–Trinajstić information content (AvgIpc) is 3.41. The summed E-state index contributed by atoms with van der Waals surface area (Å²) in [5.74, 6) is -2.12. The summed E-state index contributed by atoms with van der Waals surface area (Å²) >= 11 is 0. The Morgan fingerprint density at radius 2 is 2.06 bits per heavy atom. The van der Waals surface area contributed by atoms with E-state index in [-0.39, 0.29) is 19.1 Å². The Kier molecular flexibility index (Phi) is 5.65. The van der Waals surface area contributed by atoms with Crippen LogP contribution in [0.1, 0.15) is 26.7 Å². The fourth-order valence-electron chi connectivity index (χ4n) is 5.34. The first-order chi connectivity index (χ1) is 14.9. The zero-order valence-corrected chi connectivity index (χ0v) is 17.9. The average molecular weight is 432 g/mol. The third-order valence-electron chi connectivity index (χ3n) is 6.64. The second-order valence-corrected chi connectivity index (χ2v) is 8.30. The molecule has 0 aromatic heterocycles. The van der Waals surface area contributed by atoms with Crippen LogP contribution >= 0.6 is 0 Å². The van der Waals surface area contributed by atoms with Gasteiger partial charge in [-0.05, 0) is 51.0 Å². The van der Waals surface area contributed by atoms with Crippen molar-refractivity contribution >= 4 is 23.5 Å². The zero-order chi connectivity index (χ0) is 22.3. The van der Waals surface area contributed by atoms with Crippen LogP contribution in [-0.2, 0) is 23.9 Å². The maximum Gasteiger partial charge on any atom is 0.312 e. The highest BCUT2D eigenvalue weighted by Gasteiger charge is 2.75. The molecule has 9 nitrogen and oxygen atoms in total. The van der Waals surface area contributed by atoms with Gasteiger partial charge < -0.3 is 29.5 Å². The summed E-state index contributed by atoms with van der Waals surface area (Å²) in [6, 6.07) is 5.29. The van der Waals surface area contributed by atoms with E-state index < -0.39 is 47.5 Å². The number of likely N-dealkylation sites (tertiary alicyclic amines) is 1. The molecule has 2 bridgehead atoms. The van der Waals surface area contributed by atoms with Gasteiger partial charge in [0, 0.05) is 5.69 Å².